The molecule has 0 spiro atoms. The molecule has 1 aliphatic heterocycles. The SMILES string of the molecule is CC(C)CCCN1C(=O)NC(=O)C(C(C)C)C1=O. The summed E-state index contributed by atoms with van der Waals surface area (Å²) in [6.07, 6.45) is 1.73. The lowest BCUT2D eigenvalue weighted by atomic mass is 9.92. The van der Waals surface area contributed by atoms with Crippen molar-refractivity contribution < 1.29 is 14.4 Å². The van der Waals surface area contributed by atoms with Gasteiger partial charge in [-0.25, -0.2) is 4.79 Å². The predicted octanol–water partition coefficient (Wildman–Crippen LogP) is 1.77. The van der Waals surface area contributed by atoms with Gasteiger partial charge in [-0.15, -0.1) is 0 Å². The molecule has 1 aliphatic rings. The lowest BCUT2D eigenvalue weighted by Gasteiger charge is -2.32. The van der Waals surface area contributed by atoms with Gasteiger partial charge in [0.25, 0.3) is 0 Å². The predicted molar refractivity (Wildman–Crippen MR) is 67.7 cm³/mol. The minimum atomic E-state index is -0.734. The van der Waals surface area contributed by atoms with Gasteiger partial charge in [0, 0.05) is 6.54 Å². The van der Waals surface area contributed by atoms with E-state index in [2.05, 4.69) is 19.2 Å². The van der Waals surface area contributed by atoms with Crippen molar-refractivity contribution in [1.29, 1.82) is 0 Å². The zero-order chi connectivity index (χ0) is 13.9. The minimum absolute atomic E-state index is 0.0989. The van der Waals surface area contributed by atoms with Crippen LogP contribution in [0.4, 0.5) is 4.79 Å². The molecule has 5 nitrogen and oxygen atoms in total. The number of rotatable bonds is 5. The van der Waals surface area contributed by atoms with Crippen LogP contribution in [-0.4, -0.2) is 29.3 Å². The van der Waals surface area contributed by atoms with Crippen LogP contribution >= 0.6 is 0 Å². The third-order valence-electron chi connectivity index (χ3n) is 3.12. The molecule has 1 rings (SSSR count). The highest BCUT2D eigenvalue weighted by Crippen LogP contribution is 2.19. The molecule has 0 aromatic carbocycles. The van der Waals surface area contributed by atoms with E-state index in [9.17, 15) is 14.4 Å². The van der Waals surface area contributed by atoms with E-state index in [1.165, 1.54) is 4.90 Å². The molecule has 4 amide bonds. The number of imide groups is 2. The Labute approximate surface area is 108 Å². The monoisotopic (exact) mass is 254 g/mol. The Kier molecular flexibility index (Phi) is 4.87. The average Bonchev–Trinajstić information content (AvgIpc) is 2.21. The minimum Gasteiger partial charge on any atom is -0.277 e. The van der Waals surface area contributed by atoms with E-state index in [1.54, 1.807) is 0 Å². The number of urea groups is 1. The van der Waals surface area contributed by atoms with Crippen molar-refractivity contribution in [2.24, 2.45) is 17.8 Å². The van der Waals surface area contributed by atoms with Crippen LogP contribution in [-0.2, 0) is 9.59 Å². The van der Waals surface area contributed by atoms with Crippen LogP contribution < -0.4 is 5.32 Å². The fourth-order valence-electron chi connectivity index (χ4n) is 2.09. The summed E-state index contributed by atoms with van der Waals surface area (Å²) in [5.74, 6) is -1.13. The second kappa shape index (κ2) is 5.98. The topological polar surface area (TPSA) is 66.5 Å². The first kappa shape index (κ1) is 14.7. The summed E-state index contributed by atoms with van der Waals surface area (Å²) in [4.78, 5) is 36.5. The molecule has 0 aliphatic carbocycles. The van der Waals surface area contributed by atoms with Crippen molar-refractivity contribution in [2.75, 3.05) is 6.54 Å². The fourth-order valence-corrected chi connectivity index (χ4v) is 2.09. The van der Waals surface area contributed by atoms with Gasteiger partial charge in [0.05, 0.1) is 0 Å². The summed E-state index contributed by atoms with van der Waals surface area (Å²) >= 11 is 0. The Morgan fingerprint density at radius 2 is 1.78 bits per heavy atom. The molecular formula is C13H22N2O3. The summed E-state index contributed by atoms with van der Waals surface area (Å²) in [6, 6.07) is -0.578. The first-order chi connectivity index (χ1) is 8.34. The van der Waals surface area contributed by atoms with Gasteiger partial charge in [-0.05, 0) is 24.7 Å². The molecule has 0 radical (unpaired) electrons. The molecule has 5 heteroatoms. The van der Waals surface area contributed by atoms with Crippen LogP contribution in [0.25, 0.3) is 0 Å². The van der Waals surface area contributed by atoms with Crippen LogP contribution in [0.1, 0.15) is 40.5 Å². The highest BCUT2D eigenvalue weighted by Gasteiger charge is 2.41. The van der Waals surface area contributed by atoms with Gasteiger partial charge in [-0.1, -0.05) is 27.7 Å². The molecule has 1 unspecified atom stereocenters. The first-order valence-electron chi connectivity index (χ1n) is 6.50. The van der Waals surface area contributed by atoms with Crippen LogP contribution in [0.5, 0.6) is 0 Å². The Balaban J connectivity index is 2.68. The third kappa shape index (κ3) is 3.31. The quantitative estimate of drug-likeness (QED) is 0.760. The van der Waals surface area contributed by atoms with Gasteiger partial charge in [0.1, 0.15) is 5.92 Å². The number of barbiturate groups is 1. The van der Waals surface area contributed by atoms with Crippen LogP contribution in [0.2, 0.25) is 0 Å². The maximum absolute atomic E-state index is 12.1. The van der Waals surface area contributed by atoms with E-state index in [-0.39, 0.29) is 11.8 Å². The molecule has 0 saturated carbocycles. The molecule has 1 atom stereocenters. The molecule has 1 heterocycles. The largest absolute Gasteiger partial charge is 0.330 e. The molecule has 0 aromatic rings. The van der Waals surface area contributed by atoms with E-state index < -0.39 is 17.9 Å². The number of hydrogen-bond donors (Lipinski definition) is 1. The first-order valence-corrected chi connectivity index (χ1v) is 6.50. The number of carbonyl (C=O) groups is 3. The molecular weight excluding hydrogens is 232 g/mol. The summed E-state index contributed by atoms with van der Waals surface area (Å²) in [5.41, 5.74) is 0. The normalized spacial score (nSPS) is 20.9. The lowest BCUT2D eigenvalue weighted by Crippen LogP contribution is -2.59. The van der Waals surface area contributed by atoms with Crippen LogP contribution in [0, 0.1) is 17.8 Å². The number of hydrogen-bond acceptors (Lipinski definition) is 3. The van der Waals surface area contributed by atoms with Gasteiger partial charge in [-0.3, -0.25) is 19.8 Å². The number of carbonyl (C=O) groups excluding carboxylic acids is 3. The van der Waals surface area contributed by atoms with Gasteiger partial charge in [-0.2, -0.15) is 0 Å². The molecule has 0 bridgehead atoms. The molecule has 0 aromatic heterocycles. The Bertz CT molecular complexity index is 350. The number of amides is 4. The van der Waals surface area contributed by atoms with Crippen LogP contribution in [0.3, 0.4) is 0 Å². The maximum Gasteiger partial charge on any atom is 0.330 e. The Hall–Kier alpha value is -1.39. The number of nitrogens with zero attached hydrogens (tertiary/aromatic N) is 1. The third-order valence-corrected chi connectivity index (χ3v) is 3.12. The summed E-state index contributed by atoms with van der Waals surface area (Å²) in [6.45, 7) is 8.20. The molecule has 1 fully saturated rings. The highest BCUT2D eigenvalue weighted by atomic mass is 16.2. The zero-order valence-corrected chi connectivity index (χ0v) is 11.5. The molecule has 18 heavy (non-hydrogen) atoms. The van der Waals surface area contributed by atoms with E-state index in [0.717, 1.165) is 12.8 Å². The van der Waals surface area contributed by atoms with Gasteiger partial charge >= 0.3 is 6.03 Å². The summed E-state index contributed by atoms with van der Waals surface area (Å²) < 4.78 is 0. The van der Waals surface area contributed by atoms with E-state index in [1.807, 2.05) is 13.8 Å². The van der Waals surface area contributed by atoms with Crippen LogP contribution in [0.15, 0.2) is 0 Å². The van der Waals surface area contributed by atoms with Crippen molar-refractivity contribution in [3.63, 3.8) is 0 Å². The van der Waals surface area contributed by atoms with Gasteiger partial charge in [0.15, 0.2) is 0 Å². The van der Waals surface area contributed by atoms with Crippen molar-refractivity contribution >= 4 is 17.8 Å². The molecule has 1 saturated heterocycles. The lowest BCUT2D eigenvalue weighted by molar-refractivity contribution is -0.144. The van der Waals surface area contributed by atoms with E-state index in [4.69, 9.17) is 0 Å². The second-order valence-electron chi connectivity index (χ2n) is 5.54. The van der Waals surface area contributed by atoms with E-state index in [0.29, 0.717) is 12.5 Å². The smallest absolute Gasteiger partial charge is 0.277 e. The van der Waals surface area contributed by atoms with Gasteiger partial charge in [0.2, 0.25) is 11.8 Å². The Morgan fingerprint density at radius 3 is 2.28 bits per heavy atom. The maximum atomic E-state index is 12.1. The van der Waals surface area contributed by atoms with Crippen molar-refractivity contribution in [1.82, 2.24) is 10.2 Å². The van der Waals surface area contributed by atoms with Crippen molar-refractivity contribution in [3.8, 4) is 0 Å². The van der Waals surface area contributed by atoms with E-state index >= 15 is 0 Å². The fraction of sp³-hybridized carbons (Fsp3) is 0.769. The zero-order valence-electron chi connectivity index (χ0n) is 11.5. The van der Waals surface area contributed by atoms with Gasteiger partial charge < -0.3 is 0 Å². The molecule has 1 N–H and O–H groups in total. The van der Waals surface area contributed by atoms with Crippen molar-refractivity contribution in [3.05, 3.63) is 0 Å². The number of nitrogens with one attached hydrogen (secondary N) is 1. The van der Waals surface area contributed by atoms with Crippen molar-refractivity contribution in [2.45, 2.75) is 40.5 Å². The second-order valence-corrected chi connectivity index (χ2v) is 5.54. The highest BCUT2D eigenvalue weighted by molar-refractivity contribution is 6.16. The Morgan fingerprint density at radius 1 is 1.17 bits per heavy atom. The summed E-state index contributed by atoms with van der Waals surface area (Å²) in [7, 11) is 0. The standard InChI is InChI=1S/C13H22N2O3/c1-8(2)6-5-7-15-12(17)10(9(3)4)11(16)14-13(15)18/h8-10H,5-7H2,1-4H3,(H,14,16,18). The summed E-state index contributed by atoms with van der Waals surface area (Å²) in [5, 5.41) is 2.26. The molecule has 102 valence electrons. The average molecular weight is 254 g/mol.